The highest BCUT2D eigenvalue weighted by Crippen LogP contribution is 2.08. The maximum Gasteiger partial charge on any atom is 0.339 e. The van der Waals surface area contributed by atoms with Crippen LogP contribution in [0.4, 0.5) is 0 Å². The summed E-state index contributed by atoms with van der Waals surface area (Å²) in [4.78, 5) is 11.7. The van der Waals surface area contributed by atoms with E-state index < -0.39 is 0 Å². The van der Waals surface area contributed by atoms with Crippen LogP contribution in [0.1, 0.15) is 29.8 Å². The summed E-state index contributed by atoms with van der Waals surface area (Å²) < 4.78 is 7.13. The number of carbonyl (C=O) groups excluding carboxylic acids is 1. The second-order valence-corrected chi connectivity index (χ2v) is 4.51. The van der Waals surface area contributed by atoms with Gasteiger partial charge < -0.3 is 9.30 Å². The molecule has 0 unspecified atom stereocenters. The third kappa shape index (κ3) is 3.23. The zero-order chi connectivity index (χ0) is 13.0. The molecule has 94 valence electrons. The molecule has 0 spiro atoms. The predicted molar refractivity (Wildman–Crippen MR) is 70.5 cm³/mol. The van der Waals surface area contributed by atoms with Crippen LogP contribution in [0.2, 0.25) is 0 Å². The van der Waals surface area contributed by atoms with E-state index in [4.69, 9.17) is 4.74 Å². The summed E-state index contributed by atoms with van der Waals surface area (Å²) in [6.07, 6.45) is 3.62. The van der Waals surface area contributed by atoms with Crippen LogP contribution in [0.3, 0.4) is 0 Å². The van der Waals surface area contributed by atoms with E-state index in [-0.39, 0.29) is 12.1 Å². The van der Waals surface area contributed by atoms with E-state index in [1.807, 2.05) is 49.0 Å². The minimum atomic E-state index is -0.267. The molecule has 0 saturated heterocycles. The molecule has 2 aromatic rings. The Morgan fingerprint density at radius 3 is 2.61 bits per heavy atom. The van der Waals surface area contributed by atoms with Crippen molar-refractivity contribution >= 4 is 5.97 Å². The largest absolute Gasteiger partial charge is 0.459 e. The zero-order valence-electron chi connectivity index (χ0n) is 10.7. The van der Waals surface area contributed by atoms with E-state index >= 15 is 0 Å². The minimum Gasteiger partial charge on any atom is -0.459 e. The number of esters is 1. The molecular weight excluding hydrogens is 226 g/mol. The van der Waals surface area contributed by atoms with Gasteiger partial charge in [0.2, 0.25) is 0 Å². The van der Waals surface area contributed by atoms with E-state index in [1.165, 1.54) is 5.56 Å². The predicted octanol–water partition coefficient (Wildman–Crippen LogP) is 3.10. The molecule has 1 heterocycles. The number of benzene rings is 1. The molecule has 1 aromatic heterocycles. The van der Waals surface area contributed by atoms with E-state index in [0.717, 1.165) is 6.54 Å². The normalized spacial score (nSPS) is 10.6. The first-order chi connectivity index (χ1) is 8.65. The number of aromatic nitrogens is 1. The topological polar surface area (TPSA) is 31.2 Å². The Labute approximate surface area is 107 Å². The van der Waals surface area contributed by atoms with Gasteiger partial charge in [-0.05, 0) is 25.5 Å². The zero-order valence-corrected chi connectivity index (χ0v) is 10.7. The van der Waals surface area contributed by atoms with Crippen molar-refractivity contribution in [3.8, 4) is 0 Å². The molecule has 0 saturated carbocycles. The molecule has 0 bridgehead atoms. The Balaban J connectivity index is 2.04. The van der Waals surface area contributed by atoms with Crippen LogP contribution in [0.15, 0.2) is 48.8 Å². The quantitative estimate of drug-likeness (QED) is 0.773. The Morgan fingerprint density at radius 1 is 1.22 bits per heavy atom. The van der Waals surface area contributed by atoms with Gasteiger partial charge in [0.25, 0.3) is 0 Å². The van der Waals surface area contributed by atoms with Crippen LogP contribution < -0.4 is 0 Å². The lowest BCUT2D eigenvalue weighted by molar-refractivity contribution is 0.0378. The standard InChI is InChI=1S/C15H17NO2/c1-12(2)18-15(17)14-8-9-16(11-14)10-13-6-4-3-5-7-13/h3-9,11-12H,10H2,1-2H3. The van der Waals surface area contributed by atoms with E-state index in [9.17, 15) is 4.79 Å². The Morgan fingerprint density at radius 2 is 1.94 bits per heavy atom. The van der Waals surface area contributed by atoms with Crippen molar-refractivity contribution in [1.29, 1.82) is 0 Å². The number of hydrogen-bond acceptors (Lipinski definition) is 2. The summed E-state index contributed by atoms with van der Waals surface area (Å²) in [5.74, 6) is -0.267. The fourth-order valence-electron chi connectivity index (χ4n) is 1.74. The molecule has 0 aliphatic heterocycles. The number of carbonyl (C=O) groups is 1. The van der Waals surface area contributed by atoms with Crippen molar-refractivity contribution in [2.24, 2.45) is 0 Å². The fourth-order valence-corrected chi connectivity index (χ4v) is 1.74. The highest BCUT2D eigenvalue weighted by Gasteiger charge is 2.10. The first kappa shape index (κ1) is 12.4. The molecular formula is C15H17NO2. The molecule has 0 atom stereocenters. The molecule has 0 amide bonds. The Kier molecular flexibility index (Phi) is 3.82. The van der Waals surface area contributed by atoms with Crippen LogP contribution >= 0.6 is 0 Å². The van der Waals surface area contributed by atoms with Crippen LogP contribution in [-0.4, -0.2) is 16.6 Å². The number of ether oxygens (including phenoxy) is 1. The maximum absolute atomic E-state index is 11.7. The SMILES string of the molecule is CC(C)OC(=O)c1ccn(Cc2ccccc2)c1. The molecule has 0 N–H and O–H groups in total. The van der Waals surface area contributed by atoms with Crippen molar-refractivity contribution in [3.05, 3.63) is 59.9 Å². The summed E-state index contributed by atoms with van der Waals surface area (Å²) in [6, 6.07) is 11.9. The van der Waals surface area contributed by atoms with Crippen molar-refractivity contribution in [2.45, 2.75) is 26.5 Å². The first-order valence-corrected chi connectivity index (χ1v) is 6.06. The van der Waals surface area contributed by atoms with Gasteiger partial charge in [-0.1, -0.05) is 30.3 Å². The summed E-state index contributed by atoms with van der Waals surface area (Å²) >= 11 is 0. The third-order valence-corrected chi connectivity index (χ3v) is 2.54. The fraction of sp³-hybridized carbons (Fsp3) is 0.267. The first-order valence-electron chi connectivity index (χ1n) is 6.06. The summed E-state index contributed by atoms with van der Waals surface area (Å²) in [7, 11) is 0. The molecule has 3 heteroatoms. The maximum atomic E-state index is 11.7. The molecule has 0 fully saturated rings. The summed E-state index contributed by atoms with van der Waals surface area (Å²) in [6.45, 7) is 4.45. The van der Waals surface area contributed by atoms with E-state index in [0.29, 0.717) is 5.56 Å². The molecule has 0 aliphatic carbocycles. The summed E-state index contributed by atoms with van der Waals surface area (Å²) in [5, 5.41) is 0. The van der Waals surface area contributed by atoms with Gasteiger partial charge in [-0.25, -0.2) is 4.79 Å². The van der Waals surface area contributed by atoms with Crippen molar-refractivity contribution in [1.82, 2.24) is 4.57 Å². The second-order valence-electron chi connectivity index (χ2n) is 4.51. The monoisotopic (exact) mass is 243 g/mol. The minimum absolute atomic E-state index is 0.0880. The van der Waals surface area contributed by atoms with Gasteiger partial charge in [0.05, 0.1) is 11.7 Å². The van der Waals surface area contributed by atoms with Gasteiger partial charge in [-0.15, -0.1) is 0 Å². The molecule has 0 aliphatic rings. The van der Waals surface area contributed by atoms with Gasteiger partial charge in [0.1, 0.15) is 0 Å². The van der Waals surface area contributed by atoms with Crippen LogP contribution in [0.5, 0.6) is 0 Å². The van der Waals surface area contributed by atoms with Crippen LogP contribution in [0.25, 0.3) is 0 Å². The smallest absolute Gasteiger partial charge is 0.339 e. The Hall–Kier alpha value is -2.03. The molecule has 2 rings (SSSR count). The Bertz CT molecular complexity index is 514. The van der Waals surface area contributed by atoms with Gasteiger partial charge in [-0.2, -0.15) is 0 Å². The lowest BCUT2D eigenvalue weighted by Gasteiger charge is -2.06. The molecule has 0 radical (unpaired) electrons. The van der Waals surface area contributed by atoms with Crippen molar-refractivity contribution < 1.29 is 9.53 Å². The number of nitrogens with zero attached hydrogens (tertiary/aromatic N) is 1. The number of hydrogen-bond donors (Lipinski definition) is 0. The third-order valence-electron chi connectivity index (χ3n) is 2.54. The van der Waals surface area contributed by atoms with Crippen LogP contribution in [-0.2, 0) is 11.3 Å². The van der Waals surface area contributed by atoms with Crippen molar-refractivity contribution in [3.63, 3.8) is 0 Å². The highest BCUT2D eigenvalue weighted by atomic mass is 16.5. The second kappa shape index (κ2) is 5.54. The van der Waals surface area contributed by atoms with Gasteiger partial charge in [-0.3, -0.25) is 0 Å². The highest BCUT2D eigenvalue weighted by molar-refractivity contribution is 5.89. The van der Waals surface area contributed by atoms with Gasteiger partial charge >= 0.3 is 5.97 Å². The van der Waals surface area contributed by atoms with E-state index in [1.54, 1.807) is 6.07 Å². The molecule has 1 aromatic carbocycles. The lowest BCUT2D eigenvalue weighted by Crippen LogP contribution is -2.10. The average Bonchev–Trinajstić information content (AvgIpc) is 2.78. The van der Waals surface area contributed by atoms with Gasteiger partial charge in [0, 0.05) is 18.9 Å². The number of rotatable bonds is 4. The average molecular weight is 243 g/mol. The van der Waals surface area contributed by atoms with Gasteiger partial charge in [0.15, 0.2) is 0 Å². The molecule has 18 heavy (non-hydrogen) atoms. The molecule has 3 nitrogen and oxygen atoms in total. The van der Waals surface area contributed by atoms with Crippen LogP contribution in [0, 0.1) is 0 Å². The summed E-state index contributed by atoms with van der Waals surface area (Å²) in [5.41, 5.74) is 1.80. The lowest BCUT2D eigenvalue weighted by atomic mass is 10.2. The van der Waals surface area contributed by atoms with Crippen molar-refractivity contribution in [2.75, 3.05) is 0 Å². The van der Waals surface area contributed by atoms with E-state index in [2.05, 4.69) is 12.1 Å².